The fourth-order valence-corrected chi connectivity index (χ4v) is 5.70. The van der Waals surface area contributed by atoms with Crippen LogP contribution < -0.4 is 0 Å². The summed E-state index contributed by atoms with van der Waals surface area (Å²) in [5.74, 6) is 0.135. The van der Waals surface area contributed by atoms with Crippen molar-refractivity contribution in [1.29, 1.82) is 0 Å². The van der Waals surface area contributed by atoms with Crippen molar-refractivity contribution < 1.29 is 17.9 Å². The van der Waals surface area contributed by atoms with Gasteiger partial charge in [0, 0.05) is 56.2 Å². The lowest BCUT2D eigenvalue weighted by molar-refractivity contribution is -0.135. The highest BCUT2D eigenvalue weighted by molar-refractivity contribution is 7.89. The standard InChI is InChI=1S/C21H29N3O4S/c25-21(23-13-15-28-16-14-23)8-12-22-11-7-18-17-19(5-6-20(18)22)29(26,27)24-9-3-1-2-4-10-24/h5-7,11,17H,1-4,8-10,12-16H2. The van der Waals surface area contributed by atoms with E-state index in [1.54, 1.807) is 16.4 Å². The Hall–Kier alpha value is -1.90. The van der Waals surface area contributed by atoms with Gasteiger partial charge in [-0.3, -0.25) is 4.79 Å². The van der Waals surface area contributed by atoms with E-state index in [0.29, 0.717) is 57.3 Å². The van der Waals surface area contributed by atoms with Crippen LogP contribution in [0.1, 0.15) is 32.1 Å². The number of sulfonamides is 1. The van der Waals surface area contributed by atoms with E-state index >= 15 is 0 Å². The fourth-order valence-electron chi connectivity index (χ4n) is 4.15. The first-order chi connectivity index (χ1) is 14.1. The minimum Gasteiger partial charge on any atom is -0.378 e. The molecule has 29 heavy (non-hydrogen) atoms. The van der Waals surface area contributed by atoms with Gasteiger partial charge in [0.15, 0.2) is 0 Å². The summed E-state index contributed by atoms with van der Waals surface area (Å²) in [6.45, 7) is 4.30. The highest BCUT2D eigenvalue weighted by Gasteiger charge is 2.25. The maximum absolute atomic E-state index is 13.0. The Kier molecular flexibility index (Phi) is 6.22. The molecule has 0 atom stereocenters. The number of nitrogens with zero attached hydrogens (tertiary/aromatic N) is 3. The summed E-state index contributed by atoms with van der Waals surface area (Å²) in [7, 11) is -3.46. The third kappa shape index (κ3) is 4.49. The van der Waals surface area contributed by atoms with E-state index in [9.17, 15) is 13.2 Å². The fraction of sp³-hybridized carbons (Fsp3) is 0.571. The predicted octanol–water partition coefficient (Wildman–Crippen LogP) is 2.45. The van der Waals surface area contributed by atoms with Gasteiger partial charge in [-0.15, -0.1) is 0 Å². The van der Waals surface area contributed by atoms with E-state index in [0.717, 1.165) is 36.6 Å². The van der Waals surface area contributed by atoms with Crippen LogP contribution in [0.2, 0.25) is 0 Å². The lowest BCUT2D eigenvalue weighted by Crippen LogP contribution is -2.40. The van der Waals surface area contributed by atoms with Crippen molar-refractivity contribution in [3.05, 3.63) is 30.5 Å². The number of amides is 1. The first-order valence-corrected chi connectivity index (χ1v) is 11.9. The summed E-state index contributed by atoms with van der Waals surface area (Å²) in [4.78, 5) is 14.6. The molecule has 8 heteroatoms. The van der Waals surface area contributed by atoms with Crippen LogP contribution in [-0.4, -0.2) is 67.5 Å². The summed E-state index contributed by atoms with van der Waals surface area (Å²) in [6.07, 6.45) is 6.40. The number of rotatable bonds is 5. The van der Waals surface area contributed by atoms with Crippen LogP contribution in [0.25, 0.3) is 10.9 Å². The Morgan fingerprint density at radius 1 is 0.966 bits per heavy atom. The molecule has 4 rings (SSSR count). The van der Waals surface area contributed by atoms with E-state index < -0.39 is 10.0 Å². The molecule has 0 bridgehead atoms. The molecule has 2 saturated heterocycles. The Balaban J connectivity index is 1.47. The van der Waals surface area contributed by atoms with Gasteiger partial charge in [0.1, 0.15) is 0 Å². The van der Waals surface area contributed by atoms with Crippen LogP contribution in [-0.2, 0) is 26.1 Å². The Labute approximate surface area is 172 Å². The van der Waals surface area contributed by atoms with Gasteiger partial charge in [-0.05, 0) is 37.1 Å². The van der Waals surface area contributed by atoms with Crippen molar-refractivity contribution in [3.63, 3.8) is 0 Å². The lowest BCUT2D eigenvalue weighted by Gasteiger charge is -2.27. The molecule has 0 radical (unpaired) electrons. The van der Waals surface area contributed by atoms with Gasteiger partial charge in [-0.25, -0.2) is 8.42 Å². The van der Waals surface area contributed by atoms with Crippen molar-refractivity contribution in [3.8, 4) is 0 Å². The van der Waals surface area contributed by atoms with E-state index in [-0.39, 0.29) is 5.91 Å². The average molecular weight is 420 g/mol. The molecule has 1 aromatic heterocycles. The van der Waals surface area contributed by atoms with Crippen molar-refractivity contribution in [2.24, 2.45) is 0 Å². The van der Waals surface area contributed by atoms with Crippen LogP contribution in [0.5, 0.6) is 0 Å². The quantitative estimate of drug-likeness (QED) is 0.746. The molecule has 2 aromatic rings. The molecule has 1 amide bonds. The van der Waals surface area contributed by atoms with Crippen molar-refractivity contribution >= 4 is 26.8 Å². The molecule has 0 saturated carbocycles. The average Bonchev–Trinajstić information content (AvgIpc) is 2.95. The Morgan fingerprint density at radius 2 is 1.69 bits per heavy atom. The lowest BCUT2D eigenvalue weighted by atomic mass is 10.2. The number of aromatic nitrogens is 1. The van der Waals surface area contributed by atoms with Crippen LogP contribution in [0.15, 0.2) is 35.4 Å². The minimum absolute atomic E-state index is 0.135. The number of carbonyl (C=O) groups is 1. The van der Waals surface area contributed by atoms with E-state index in [1.807, 2.05) is 27.8 Å². The molecule has 7 nitrogen and oxygen atoms in total. The molecule has 158 valence electrons. The second kappa shape index (κ2) is 8.85. The predicted molar refractivity (Wildman–Crippen MR) is 111 cm³/mol. The molecule has 2 aliphatic heterocycles. The highest BCUT2D eigenvalue weighted by Crippen LogP contribution is 2.25. The van der Waals surface area contributed by atoms with Crippen molar-refractivity contribution in [2.75, 3.05) is 39.4 Å². The number of fused-ring (bicyclic) bond motifs is 1. The first kappa shape index (κ1) is 20.4. The zero-order chi connectivity index (χ0) is 20.3. The van der Waals surface area contributed by atoms with Crippen LogP contribution in [0, 0.1) is 0 Å². The van der Waals surface area contributed by atoms with Gasteiger partial charge in [0.25, 0.3) is 0 Å². The summed E-state index contributed by atoms with van der Waals surface area (Å²) in [6, 6.07) is 7.24. The minimum atomic E-state index is -3.46. The van der Waals surface area contributed by atoms with Gasteiger partial charge < -0.3 is 14.2 Å². The van der Waals surface area contributed by atoms with E-state index in [4.69, 9.17) is 4.74 Å². The molecule has 0 N–H and O–H groups in total. The maximum Gasteiger partial charge on any atom is 0.243 e. The largest absolute Gasteiger partial charge is 0.378 e. The van der Waals surface area contributed by atoms with Gasteiger partial charge in [-0.1, -0.05) is 12.8 Å². The summed E-state index contributed by atoms with van der Waals surface area (Å²) in [5.41, 5.74) is 0.953. The van der Waals surface area contributed by atoms with Gasteiger partial charge in [0.2, 0.25) is 15.9 Å². The first-order valence-electron chi connectivity index (χ1n) is 10.5. The third-order valence-electron chi connectivity index (χ3n) is 5.88. The number of hydrogen-bond acceptors (Lipinski definition) is 4. The Morgan fingerprint density at radius 3 is 2.41 bits per heavy atom. The van der Waals surface area contributed by atoms with Gasteiger partial charge in [0.05, 0.1) is 18.1 Å². The molecular weight excluding hydrogens is 390 g/mol. The second-order valence-electron chi connectivity index (χ2n) is 7.79. The molecule has 0 aliphatic carbocycles. The molecule has 0 unspecified atom stereocenters. The second-order valence-corrected chi connectivity index (χ2v) is 9.73. The monoisotopic (exact) mass is 419 g/mol. The molecule has 2 fully saturated rings. The number of carbonyl (C=O) groups excluding carboxylic acids is 1. The molecule has 3 heterocycles. The maximum atomic E-state index is 13.0. The van der Waals surface area contributed by atoms with E-state index in [1.165, 1.54) is 0 Å². The molecule has 2 aliphatic rings. The Bertz CT molecular complexity index is 955. The van der Waals surface area contributed by atoms with Crippen LogP contribution >= 0.6 is 0 Å². The topological polar surface area (TPSA) is 71.9 Å². The number of aryl methyl sites for hydroxylation is 1. The molecule has 0 spiro atoms. The zero-order valence-electron chi connectivity index (χ0n) is 16.8. The molecular formula is C21H29N3O4S. The SMILES string of the molecule is O=C(CCn1ccc2cc(S(=O)(=O)N3CCCCCC3)ccc21)N1CCOCC1. The number of hydrogen-bond donors (Lipinski definition) is 0. The summed E-state index contributed by atoms with van der Waals surface area (Å²) < 4.78 is 35.0. The van der Waals surface area contributed by atoms with E-state index in [2.05, 4.69) is 0 Å². The number of morpholine rings is 1. The zero-order valence-corrected chi connectivity index (χ0v) is 17.6. The van der Waals surface area contributed by atoms with Crippen molar-refractivity contribution in [2.45, 2.75) is 43.5 Å². The number of ether oxygens (including phenoxy) is 1. The third-order valence-corrected chi connectivity index (χ3v) is 7.77. The van der Waals surface area contributed by atoms with Crippen LogP contribution in [0.4, 0.5) is 0 Å². The molecule has 1 aromatic carbocycles. The van der Waals surface area contributed by atoms with Crippen LogP contribution in [0.3, 0.4) is 0 Å². The number of benzene rings is 1. The smallest absolute Gasteiger partial charge is 0.243 e. The summed E-state index contributed by atoms with van der Waals surface area (Å²) in [5, 5.41) is 0.889. The van der Waals surface area contributed by atoms with Crippen molar-refractivity contribution in [1.82, 2.24) is 13.8 Å². The van der Waals surface area contributed by atoms with Gasteiger partial charge in [-0.2, -0.15) is 4.31 Å². The highest BCUT2D eigenvalue weighted by atomic mass is 32.2. The normalized spacial score (nSPS) is 19.4. The summed E-state index contributed by atoms with van der Waals surface area (Å²) >= 11 is 0. The van der Waals surface area contributed by atoms with Gasteiger partial charge >= 0.3 is 0 Å².